The number of halogens is 1. The van der Waals surface area contributed by atoms with E-state index in [4.69, 9.17) is 24.4 Å². The fourth-order valence-corrected chi connectivity index (χ4v) is 5.44. The van der Waals surface area contributed by atoms with Gasteiger partial charge in [-0.05, 0) is 78.4 Å². The van der Waals surface area contributed by atoms with Crippen LogP contribution in [-0.2, 0) is 0 Å². The molecular formula is C42H29FN4O7. The number of methoxy groups -OCH3 is 1. The number of aromatic hydroxyl groups is 1. The van der Waals surface area contributed by atoms with Gasteiger partial charge in [0.25, 0.3) is 0 Å². The number of imidazole rings is 1. The van der Waals surface area contributed by atoms with Gasteiger partial charge in [0.2, 0.25) is 11.6 Å². The second-order valence-corrected chi connectivity index (χ2v) is 11.7. The molecule has 0 amide bonds. The normalized spacial score (nSPS) is 15.6. The van der Waals surface area contributed by atoms with Crippen LogP contribution in [0.4, 0.5) is 4.39 Å². The van der Waals surface area contributed by atoms with Gasteiger partial charge in [0, 0.05) is 30.0 Å². The lowest BCUT2D eigenvalue weighted by molar-refractivity contribution is 0.101. The summed E-state index contributed by atoms with van der Waals surface area (Å²) in [5.41, 5.74) is 4.00. The molecule has 0 radical (unpaired) electrons. The van der Waals surface area contributed by atoms with Gasteiger partial charge in [-0.2, -0.15) is 0 Å². The van der Waals surface area contributed by atoms with E-state index in [-0.39, 0.29) is 34.6 Å². The number of allylic oxidation sites excluding steroid dienone is 3. The van der Waals surface area contributed by atoms with Gasteiger partial charge in [-0.15, -0.1) is 0 Å². The number of aromatic amines is 1. The molecule has 12 heteroatoms. The number of hydrogen-bond acceptors (Lipinski definition) is 10. The van der Waals surface area contributed by atoms with E-state index in [9.17, 15) is 19.1 Å². The molecule has 3 aliphatic rings. The zero-order valence-electron chi connectivity index (χ0n) is 28.4. The van der Waals surface area contributed by atoms with Crippen LogP contribution in [0.3, 0.4) is 0 Å². The fourth-order valence-electron chi connectivity index (χ4n) is 5.44. The molecule has 266 valence electrons. The quantitative estimate of drug-likeness (QED) is 0.153. The van der Waals surface area contributed by atoms with Crippen molar-refractivity contribution in [1.29, 1.82) is 5.41 Å². The van der Waals surface area contributed by atoms with Crippen LogP contribution in [0.1, 0.15) is 43.2 Å². The first-order chi connectivity index (χ1) is 26.2. The number of ketones is 2. The molecule has 0 fully saturated rings. The van der Waals surface area contributed by atoms with Gasteiger partial charge in [0.05, 0.1) is 42.1 Å². The average Bonchev–Trinajstić information content (AvgIpc) is 3.96. The lowest BCUT2D eigenvalue weighted by Crippen LogP contribution is -1.98. The number of nitrogens with zero attached hydrogens (tertiary/aromatic N) is 2. The van der Waals surface area contributed by atoms with Crippen LogP contribution in [0, 0.1) is 11.2 Å². The summed E-state index contributed by atoms with van der Waals surface area (Å²) < 4.78 is 34.6. The standard InChI is InChI=1S/C16H12O4.C14H9FN2O.C12H8N2O2/c1-19-12-5-2-10(3-6-12)8-15-16(18)13-7-4-11(17)9-14(13)20-15;15-9-4-5-12-11(7-9)14(16)13(18-12)8-10-3-1-2-6-17-10;15-12-9-3-1-2-4-10(9)16-11(12)5-8-6-13-7-14-8/h2-9,17H,1H3;1-8,16H;1-7H,(H,13,14)/b15-8-;13-8-,16-14?;11-5-. The minimum atomic E-state index is -0.374. The van der Waals surface area contributed by atoms with E-state index >= 15 is 0 Å². The first-order valence-electron chi connectivity index (χ1n) is 16.4. The van der Waals surface area contributed by atoms with Crippen LogP contribution in [0.5, 0.6) is 28.7 Å². The number of benzene rings is 4. The summed E-state index contributed by atoms with van der Waals surface area (Å²) in [4.78, 5) is 34.9. The van der Waals surface area contributed by atoms with Crippen LogP contribution < -0.4 is 18.9 Å². The Labute approximate surface area is 307 Å². The second-order valence-electron chi connectivity index (χ2n) is 11.7. The highest BCUT2D eigenvalue weighted by molar-refractivity contribution is 6.16. The Bertz CT molecular complexity index is 2470. The van der Waals surface area contributed by atoms with Crippen molar-refractivity contribution in [3.05, 3.63) is 179 Å². The molecule has 0 aliphatic carbocycles. The predicted molar refractivity (Wildman–Crippen MR) is 198 cm³/mol. The van der Waals surface area contributed by atoms with Gasteiger partial charge < -0.3 is 29.0 Å². The van der Waals surface area contributed by atoms with Crippen molar-refractivity contribution in [3.63, 3.8) is 0 Å². The third kappa shape index (κ3) is 7.67. The molecule has 3 aliphatic heterocycles. The van der Waals surface area contributed by atoms with Crippen molar-refractivity contribution in [2.45, 2.75) is 0 Å². The van der Waals surface area contributed by atoms with E-state index in [2.05, 4.69) is 15.0 Å². The molecule has 4 aromatic carbocycles. The monoisotopic (exact) mass is 720 g/mol. The SMILES string of the molecule is COc1ccc(/C=C2\Oc3cc(O)ccc3C2=O)cc1.N=C1/C(=C/c2ccccn2)Oc2ccc(F)cc21.O=C1/C(=C/c2cnc[nH]2)Oc2ccccc21. The summed E-state index contributed by atoms with van der Waals surface area (Å²) in [6, 6.07) is 28.6. The van der Waals surface area contributed by atoms with Crippen molar-refractivity contribution in [2.75, 3.05) is 7.11 Å². The molecule has 0 unspecified atom stereocenters. The molecular weight excluding hydrogens is 691 g/mol. The highest BCUT2D eigenvalue weighted by Gasteiger charge is 2.28. The number of carbonyl (C=O) groups excluding carboxylic acids is 2. The smallest absolute Gasteiger partial charge is 0.232 e. The van der Waals surface area contributed by atoms with Gasteiger partial charge in [0.15, 0.2) is 17.3 Å². The number of nitrogens with one attached hydrogen (secondary N) is 2. The number of ether oxygens (including phenoxy) is 4. The van der Waals surface area contributed by atoms with Crippen molar-refractivity contribution in [1.82, 2.24) is 15.0 Å². The van der Waals surface area contributed by atoms with Crippen molar-refractivity contribution < 1.29 is 38.0 Å². The summed E-state index contributed by atoms with van der Waals surface area (Å²) >= 11 is 0. The van der Waals surface area contributed by atoms with Crippen LogP contribution in [0.15, 0.2) is 139 Å². The topological polar surface area (TPSA) is 157 Å². The number of aromatic nitrogens is 3. The molecule has 0 atom stereocenters. The number of hydrogen-bond donors (Lipinski definition) is 3. The lowest BCUT2D eigenvalue weighted by atomic mass is 10.1. The maximum Gasteiger partial charge on any atom is 0.232 e. The third-order valence-electron chi connectivity index (χ3n) is 8.09. The minimum absolute atomic E-state index is 0.0715. The molecule has 0 bridgehead atoms. The lowest BCUT2D eigenvalue weighted by Gasteiger charge is -2.01. The Hall–Kier alpha value is -7.60. The Morgan fingerprint density at radius 2 is 1.44 bits per heavy atom. The molecule has 0 saturated heterocycles. The van der Waals surface area contributed by atoms with E-state index < -0.39 is 0 Å². The number of H-pyrrole nitrogens is 1. The molecule has 0 saturated carbocycles. The maximum atomic E-state index is 13.1. The molecule has 5 heterocycles. The van der Waals surface area contributed by atoms with E-state index in [0.29, 0.717) is 51.2 Å². The Kier molecular flexibility index (Phi) is 9.89. The Balaban J connectivity index is 0.000000126. The Morgan fingerprint density at radius 1 is 0.741 bits per heavy atom. The Morgan fingerprint density at radius 3 is 2.17 bits per heavy atom. The van der Waals surface area contributed by atoms with Crippen LogP contribution >= 0.6 is 0 Å². The zero-order chi connectivity index (χ0) is 37.6. The van der Waals surface area contributed by atoms with Crippen molar-refractivity contribution in [3.8, 4) is 28.7 Å². The van der Waals surface area contributed by atoms with Gasteiger partial charge in [-0.25, -0.2) is 9.37 Å². The van der Waals surface area contributed by atoms with Crippen LogP contribution in [0.2, 0.25) is 0 Å². The first kappa shape index (κ1) is 34.8. The third-order valence-corrected chi connectivity index (χ3v) is 8.09. The number of para-hydroxylation sites is 1. The number of phenols is 1. The number of rotatable bonds is 4. The van der Waals surface area contributed by atoms with Crippen LogP contribution in [0.25, 0.3) is 18.2 Å². The predicted octanol–water partition coefficient (Wildman–Crippen LogP) is 8.06. The molecule has 3 N–H and O–H groups in total. The summed E-state index contributed by atoms with van der Waals surface area (Å²) in [5.74, 6) is 2.62. The number of fused-ring (bicyclic) bond motifs is 3. The molecule has 0 spiro atoms. The molecule has 2 aromatic heterocycles. The number of Topliss-reactive ketones (excluding diaryl/α,β-unsaturated/α-hetero) is 2. The number of pyridine rings is 1. The van der Waals surface area contributed by atoms with E-state index in [1.165, 1.54) is 30.3 Å². The van der Waals surface area contributed by atoms with Gasteiger partial charge in [-0.1, -0.05) is 30.3 Å². The minimum Gasteiger partial charge on any atom is -0.508 e. The number of carbonyl (C=O) groups is 2. The molecule has 54 heavy (non-hydrogen) atoms. The molecule has 6 aromatic rings. The van der Waals surface area contributed by atoms with Gasteiger partial charge in [-0.3, -0.25) is 20.0 Å². The zero-order valence-corrected chi connectivity index (χ0v) is 28.4. The van der Waals surface area contributed by atoms with E-state index in [1.807, 2.05) is 54.6 Å². The van der Waals surface area contributed by atoms with Crippen LogP contribution in [-0.4, -0.2) is 44.4 Å². The van der Waals surface area contributed by atoms with Gasteiger partial charge >= 0.3 is 0 Å². The van der Waals surface area contributed by atoms with Crippen molar-refractivity contribution >= 4 is 35.5 Å². The summed E-state index contributed by atoms with van der Waals surface area (Å²) in [5, 5.41) is 17.3. The largest absolute Gasteiger partial charge is 0.508 e. The molecule has 9 rings (SSSR count). The van der Waals surface area contributed by atoms with Gasteiger partial charge in [0.1, 0.15) is 40.3 Å². The fraction of sp³-hybridized carbons (Fsp3) is 0.0238. The van der Waals surface area contributed by atoms with E-state index in [1.54, 1.807) is 62.3 Å². The highest BCUT2D eigenvalue weighted by atomic mass is 19.1. The molecule has 11 nitrogen and oxygen atoms in total. The average molecular weight is 721 g/mol. The summed E-state index contributed by atoms with van der Waals surface area (Å²) in [7, 11) is 1.60. The summed E-state index contributed by atoms with van der Waals surface area (Å²) in [6.07, 6.45) is 9.83. The highest BCUT2D eigenvalue weighted by Crippen LogP contribution is 2.35. The number of phenolic OH excluding ortho intramolecular Hbond substituents is 1. The first-order valence-corrected chi connectivity index (χ1v) is 16.4. The van der Waals surface area contributed by atoms with E-state index in [0.717, 1.165) is 17.0 Å². The van der Waals surface area contributed by atoms with Crippen molar-refractivity contribution in [2.24, 2.45) is 0 Å². The maximum absolute atomic E-state index is 13.1. The second kappa shape index (κ2) is 15.3. The summed E-state index contributed by atoms with van der Waals surface area (Å²) in [6.45, 7) is 0.